The van der Waals surface area contributed by atoms with Crippen LogP contribution in [-0.2, 0) is 6.61 Å². The number of halogens is 2. The number of nitrogens with zero attached hydrogens (tertiary/aromatic N) is 1. The third kappa shape index (κ3) is 5.21. The highest BCUT2D eigenvalue weighted by molar-refractivity contribution is 9.10. The quantitative estimate of drug-likeness (QED) is 0.805. The third-order valence-electron chi connectivity index (χ3n) is 4.18. The monoisotopic (exact) mass is 424 g/mol. The van der Waals surface area contributed by atoms with E-state index in [0.29, 0.717) is 24.5 Å². The highest BCUT2D eigenvalue weighted by Gasteiger charge is 2.22. The highest BCUT2D eigenvalue weighted by atomic mass is 79.9. The molecule has 2 N–H and O–H groups in total. The zero-order chi connectivity index (χ0) is 16.9. The summed E-state index contributed by atoms with van der Waals surface area (Å²) < 4.78 is 6.86. The first-order valence-corrected chi connectivity index (χ1v) is 8.94. The molecule has 6 heteroatoms. The van der Waals surface area contributed by atoms with Gasteiger partial charge in [-0.05, 0) is 37.1 Å². The Bertz CT molecular complexity index is 726. The summed E-state index contributed by atoms with van der Waals surface area (Å²) in [6.45, 7) is 1.85. The van der Waals surface area contributed by atoms with Crippen molar-refractivity contribution in [1.29, 1.82) is 0 Å². The zero-order valence-electron chi connectivity index (χ0n) is 13.9. The molecule has 0 spiro atoms. The minimum atomic E-state index is 0. The summed E-state index contributed by atoms with van der Waals surface area (Å²) in [5.74, 6) is 0.717. The Morgan fingerprint density at radius 1 is 1.24 bits per heavy atom. The summed E-state index contributed by atoms with van der Waals surface area (Å²) in [7, 11) is 0. The number of rotatable bonds is 4. The molecule has 1 atom stereocenters. The number of ether oxygens (including phenoxy) is 1. The fourth-order valence-electron chi connectivity index (χ4n) is 2.87. The van der Waals surface area contributed by atoms with Gasteiger partial charge in [-0.1, -0.05) is 40.2 Å². The van der Waals surface area contributed by atoms with E-state index in [0.717, 1.165) is 29.4 Å². The van der Waals surface area contributed by atoms with Crippen LogP contribution in [0, 0.1) is 0 Å². The molecule has 0 aromatic heterocycles. The Kier molecular flexibility index (Phi) is 7.29. The second kappa shape index (κ2) is 9.22. The summed E-state index contributed by atoms with van der Waals surface area (Å²) in [6, 6.07) is 15.4. The predicted molar refractivity (Wildman–Crippen MR) is 105 cm³/mol. The van der Waals surface area contributed by atoms with Gasteiger partial charge in [-0.15, -0.1) is 12.4 Å². The van der Waals surface area contributed by atoms with Crippen molar-refractivity contribution in [3.8, 4) is 5.75 Å². The van der Waals surface area contributed by atoms with Crippen molar-refractivity contribution in [3.05, 3.63) is 64.1 Å². The lowest BCUT2D eigenvalue weighted by Crippen LogP contribution is -2.45. The van der Waals surface area contributed by atoms with E-state index in [-0.39, 0.29) is 24.4 Å². The molecule has 1 aliphatic heterocycles. The lowest BCUT2D eigenvalue weighted by atomic mass is 10.1. The molecule has 0 radical (unpaired) electrons. The van der Waals surface area contributed by atoms with Crippen LogP contribution in [0.25, 0.3) is 0 Å². The van der Waals surface area contributed by atoms with Crippen LogP contribution in [0.3, 0.4) is 0 Å². The largest absolute Gasteiger partial charge is 0.489 e. The average Bonchev–Trinajstić information content (AvgIpc) is 2.61. The number of carbonyl (C=O) groups is 1. The van der Waals surface area contributed by atoms with Crippen molar-refractivity contribution >= 4 is 34.2 Å². The molecular formula is C19H22BrClN2O2. The molecule has 0 bridgehead atoms. The van der Waals surface area contributed by atoms with Gasteiger partial charge in [-0.25, -0.2) is 0 Å². The molecule has 1 saturated heterocycles. The lowest BCUT2D eigenvalue weighted by molar-refractivity contribution is 0.0708. The first kappa shape index (κ1) is 19.8. The summed E-state index contributed by atoms with van der Waals surface area (Å²) >= 11 is 3.51. The van der Waals surface area contributed by atoms with Crippen LogP contribution < -0.4 is 10.5 Å². The molecule has 2 aromatic rings. The zero-order valence-corrected chi connectivity index (χ0v) is 16.3. The van der Waals surface area contributed by atoms with Crippen LogP contribution >= 0.6 is 28.3 Å². The molecule has 2 aromatic carbocycles. The average molecular weight is 426 g/mol. The van der Waals surface area contributed by atoms with Crippen LogP contribution in [-0.4, -0.2) is 29.9 Å². The first-order valence-electron chi connectivity index (χ1n) is 8.14. The van der Waals surface area contributed by atoms with Gasteiger partial charge in [-0.3, -0.25) is 4.79 Å². The Morgan fingerprint density at radius 2 is 2.04 bits per heavy atom. The predicted octanol–water partition coefficient (Wildman–Crippen LogP) is 4.01. The van der Waals surface area contributed by atoms with Crippen molar-refractivity contribution in [3.63, 3.8) is 0 Å². The smallest absolute Gasteiger partial charge is 0.254 e. The van der Waals surface area contributed by atoms with Crippen LogP contribution in [0.2, 0.25) is 0 Å². The standard InChI is InChI=1S/C19H21BrN2O2.ClH/c20-18-9-2-1-5-15(18)13-24-17-8-3-6-14(11-17)19(23)22-10-4-7-16(21)12-22;/h1-3,5-6,8-9,11,16H,4,7,10,12-13,21H2;1H. The van der Waals surface area contributed by atoms with Gasteiger partial charge in [0, 0.05) is 34.7 Å². The summed E-state index contributed by atoms with van der Waals surface area (Å²) in [5.41, 5.74) is 7.69. The number of hydrogen-bond donors (Lipinski definition) is 1. The van der Waals surface area contributed by atoms with E-state index in [9.17, 15) is 4.79 Å². The Morgan fingerprint density at radius 3 is 2.80 bits per heavy atom. The Balaban J connectivity index is 0.00000225. The molecule has 25 heavy (non-hydrogen) atoms. The van der Waals surface area contributed by atoms with E-state index in [1.165, 1.54) is 0 Å². The summed E-state index contributed by atoms with van der Waals surface area (Å²) in [4.78, 5) is 14.5. The number of benzene rings is 2. The summed E-state index contributed by atoms with van der Waals surface area (Å²) in [5, 5.41) is 0. The van der Waals surface area contributed by atoms with E-state index >= 15 is 0 Å². The molecule has 1 aliphatic rings. The lowest BCUT2D eigenvalue weighted by Gasteiger charge is -2.30. The number of piperidine rings is 1. The molecule has 0 saturated carbocycles. The maximum Gasteiger partial charge on any atom is 0.254 e. The van der Waals surface area contributed by atoms with E-state index in [1.807, 2.05) is 47.4 Å². The van der Waals surface area contributed by atoms with Gasteiger partial charge in [0.2, 0.25) is 0 Å². The Labute approximate surface area is 162 Å². The minimum absolute atomic E-state index is 0. The maximum absolute atomic E-state index is 12.6. The van der Waals surface area contributed by atoms with E-state index in [1.54, 1.807) is 6.07 Å². The van der Waals surface area contributed by atoms with Crippen molar-refractivity contribution in [2.75, 3.05) is 13.1 Å². The van der Waals surface area contributed by atoms with Crippen LogP contribution in [0.5, 0.6) is 5.75 Å². The molecule has 1 heterocycles. The van der Waals surface area contributed by atoms with Gasteiger partial charge in [0.1, 0.15) is 12.4 Å². The number of carbonyl (C=O) groups excluding carboxylic acids is 1. The van der Waals surface area contributed by atoms with Gasteiger partial charge >= 0.3 is 0 Å². The molecule has 0 aliphatic carbocycles. The van der Waals surface area contributed by atoms with Crippen LogP contribution in [0.4, 0.5) is 0 Å². The van der Waals surface area contributed by atoms with E-state index in [2.05, 4.69) is 15.9 Å². The topological polar surface area (TPSA) is 55.6 Å². The normalized spacial score (nSPS) is 16.9. The maximum atomic E-state index is 12.6. The van der Waals surface area contributed by atoms with Crippen LogP contribution in [0.15, 0.2) is 53.0 Å². The SMILES string of the molecule is Cl.NC1CCCN(C(=O)c2cccc(OCc3ccccc3Br)c2)C1. The molecule has 3 rings (SSSR count). The van der Waals surface area contributed by atoms with Crippen molar-refractivity contribution < 1.29 is 9.53 Å². The molecule has 1 amide bonds. The second-order valence-corrected chi connectivity index (χ2v) is 6.92. The molecule has 1 unspecified atom stereocenters. The first-order chi connectivity index (χ1) is 11.6. The van der Waals surface area contributed by atoms with Gasteiger partial charge in [0.05, 0.1) is 0 Å². The fourth-order valence-corrected chi connectivity index (χ4v) is 3.27. The number of hydrogen-bond acceptors (Lipinski definition) is 3. The fraction of sp³-hybridized carbons (Fsp3) is 0.316. The third-order valence-corrected chi connectivity index (χ3v) is 4.95. The molecule has 134 valence electrons. The minimum Gasteiger partial charge on any atom is -0.489 e. The highest BCUT2D eigenvalue weighted by Crippen LogP contribution is 2.21. The number of nitrogens with two attached hydrogens (primary N) is 1. The van der Waals surface area contributed by atoms with Crippen molar-refractivity contribution in [2.45, 2.75) is 25.5 Å². The van der Waals surface area contributed by atoms with Crippen LogP contribution in [0.1, 0.15) is 28.8 Å². The van der Waals surface area contributed by atoms with Crippen molar-refractivity contribution in [1.82, 2.24) is 4.90 Å². The van der Waals surface area contributed by atoms with E-state index < -0.39 is 0 Å². The molecule has 4 nitrogen and oxygen atoms in total. The van der Waals surface area contributed by atoms with Gasteiger partial charge < -0.3 is 15.4 Å². The van der Waals surface area contributed by atoms with Gasteiger partial charge in [-0.2, -0.15) is 0 Å². The number of amides is 1. The van der Waals surface area contributed by atoms with Gasteiger partial charge in [0.25, 0.3) is 5.91 Å². The van der Waals surface area contributed by atoms with E-state index in [4.69, 9.17) is 10.5 Å². The summed E-state index contributed by atoms with van der Waals surface area (Å²) in [6.07, 6.45) is 1.95. The number of likely N-dealkylation sites (tertiary alicyclic amines) is 1. The van der Waals surface area contributed by atoms with Crippen molar-refractivity contribution in [2.24, 2.45) is 5.73 Å². The second-order valence-electron chi connectivity index (χ2n) is 6.06. The Hall–Kier alpha value is -1.56. The van der Waals surface area contributed by atoms with Gasteiger partial charge in [0.15, 0.2) is 0 Å². The molecule has 1 fully saturated rings. The molecular weight excluding hydrogens is 404 g/mol.